The molecule has 0 N–H and O–H groups in total. The molecule has 2 aromatic carbocycles. The number of carbonyl (C=O) groups is 1. The Labute approximate surface area is 131 Å². The van der Waals surface area contributed by atoms with Crippen LogP contribution in [0.1, 0.15) is 5.56 Å². The van der Waals surface area contributed by atoms with E-state index in [1.165, 1.54) is 12.1 Å². The number of hydrogen-bond acceptors (Lipinski definition) is 2. The first-order chi connectivity index (χ1) is 10.1. The molecule has 0 saturated carbocycles. The average Bonchev–Trinajstić information content (AvgIpc) is 2.48. The molecular weight excluding hydrogens is 337 g/mol. The van der Waals surface area contributed by atoms with Crippen LogP contribution in [0, 0.1) is 5.82 Å². The van der Waals surface area contributed by atoms with Gasteiger partial charge in [0.25, 0.3) is 5.91 Å². The van der Waals surface area contributed by atoms with Crippen LogP contribution in [-0.2, 0) is 11.3 Å². The lowest BCUT2D eigenvalue weighted by Gasteiger charge is -2.18. The molecule has 0 aromatic heterocycles. The lowest BCUT2D eigenvalue weighted by Crippen LogP contribution is -2.31. The molecule has 0 saturated heterocycles. The van der Waals surface area contributed by atoms with Crippen LogP contribution in [0.3, 0.4) is 0 Å². The van der Waals surface area contributed by atoms with Gasteiger partial charge in [-0.25, -0.2) is 4.39 Å². The number of para-hydroxylation sites is 1. The van der Waals surface area contributed by atoms with Gasteiger partial charge in [0.05, 0.1) is 4.47 Å². The highest BCUT2D eigenvalue weighted by molar-refractivity contribution is 9.10. The van der Waals surface area contributed by atoms with Crippen LogP contribution in [0.25, 0.3) is 0 Å². The summed E-state index contributed by atoms with van der Waals surface area (Å²) in [5.41, 5.74) is 0.869. The monoisotopic (exact) mass is 351 g/mol. The lowest BCUT2D eigenvalue weighted by molar-refractivity contribution is -0.132. The highest BCUT2D eigenvalue weighted by Crippen LogP contribution is 2.23. The third-order valence-electron chi connectivity index (χ3n) is 2.95. The van der Waals surface area contributed by atoms with Gasteiger partial charge in [-0.05, 0) is 45.8 Å². The summed E-state index contributed by atoms with van der Waals surface area (Å²) in [6.45, 7) is 0.374. The van der Waals surface area contributed by atoms with Crippen molar-refractivity contribution in [3.63, 3.8) is 0 Å². The molecule has 0 heterocycles. The summed E-state index contributed by atoms with van der Waals surface area (Å²) < 4.78 is 19.1. The van der Waals surface area contributed by atoms with Crippen LogP contribution in [-0.4, -0.2) is 24.5 Å². The Morgan fingerprint density at radius 1 is 1.19 bits per heavy atom. The number of carbonyl (C=O) groups excluding carboxylic acids is 1. The van der Waals surface area contributed by atoms with Gasteiger partial charge in [0.1, 0.15) is 11.6 Å². The zero-order valence-electron chi connectivity index (χ0n) is 11.6. The molecule has 0 aliphatic carbocycles. The number of amides is 1. The van der Waals surface area contributed by atoms with Gasteiger partial charge in [-0.1, -0.05) is 24.3 Å². The molecule has 0 spiro atoms. The van der Waals surface area contributed by atoms with Gasteiger partial charge in [0.2, 0.25) is 0 Å². The van der Waals surface area contributed by atoms with Crippen molar-refractivity contribution in [3.8, 4) is 5.75 Å². The smallest absolute Gasteiger partial charge is 0.260 e. The molecule has 110 valence electrons. The highest BCUT2D eigenvalue weighted by atomic mass is 79.9. The minimum atomic E-state index is -0.287. The summed E-state index contributed by atoms with van der Waals surface area (Å²) in [6, 6.07) is 13.4. The fraction of sp³-hybridized carbons (Fsp3) is 0.188. The molecule has 1 amide bonds. The van der Waals surface area contributed by atoms with Crippen LogP contribution in [0.2, 0.25) is 0 Å². The van der Waals surface area contributed by atoms with Gasteiger partial charge in [-0.15, -0.1) is 0 Å². The second-order valence-electron chi connectivity index (χ2n) is 4.60. The molecule has 0 aliphatic heterocycles. The molecule has 3 nitrogen and oxygen atoms in total. The minimum Gasteiger partial charge on any atom is -0.483 e. The van der Waals surface area contributed by atoms with E-state index in [1.807, 2.05) is 18.2 Å². The van der Waals surface area contributed by atoms with E-state index in [9.17, 15) is 9.18 Å². The summed E-state index contributed by atoms with van der Waals surface area (Å²) in [7, 11) is 1.69. The van der Waals surface area contributed by atoms with Gasteiger partial charge >= 0.3 is 0 Å². The van der Waals surface area contributed by atoms with E-state index in [4.69, 9.17) is 4.74 Å². The SMILES string of the molecule is CN(Cc1ccc(F)cc1)C(=O)COc1ccccc1Br. The number of halogens is 2. The Kier molecular flexibility index (Phi) is 5.33. The van der Waals surface area contributed by atoms with Gasteiger partial charge in [-0.2, -0.15) is 0 Å². The molecule has 0 aliphatic rings. The van der Waals surface area contributed by atoms with Crippen molar-refractivity contribution in [2.45, 2.75) is 6.54 Å². The lowest BCUT2D eigenvalue weighted by atomic mass is 10.2. The van der Waals surface area contributed by atoms with E-state index in [0.29, 0.717) is 12.3 Å². The third-order valence-corrected chi connectivity index (χ3v) is 3.60. The van der Waals surface area contributed by atoms with Crippen molar-refractivity contribution in [2.75, 3.05) is 13.7 Å². The maximum atomic E-state index is 12.8. The molecule has 2 aromatic rings. The molecule has 0 fully saturated rings. The molecule has 0 radical (unpaired) electrons. The van der Waals surface area contributed by atoms with E-state index >= 15 is 0 Å². The van der Waals surface area contributed by atoms with E-state index in [-0.39, 0.29) is 18.3 Å². The molecule has 2 rings (SSSR count). The number of benzene rings is 2. The normalized spacial score (nSPS) is 10.2. The topological polar surface area (TPSA) is 29.5 Å². The molecule has 0 atom stereocenters. The largest absolute Gasteiger partial charge is 0.483 e. The second-order valence-corrected chi connectivity index (χ2v) is 5.45. The first-order valence-electron chi connectivity index (χ1n) is 6.42. The molecule has 5 heteroatoms. The van der Waals surface area contributed by atoms with Gasteiger partial charge in [-0.3, -0.25) is 4.79 Å². The number of nitrogens with zero attached hydrogens (tertiary/aromatic N) is 1. The van der Waals surface area contributed by atoms with Crippen molar-refractivity contribution >= 4 is 21.8 Å². The highest BCUT2D eigenvalue weighted by Gasteiger charge is 2.11. The van der Waals surface area contributed by atoms with Crippen LogP contribution in [0.4, 0.5) is 4.39 Å². The molecule has 0 unspecified atom stereocenters. The van der Waals surface area contributed by atoms with Crippen LogP contribution < -0.4 is 4.74 Å². The first kappa shape index (κ1) is 15.5. The Hall–Kier alpha value is -1.88. The standard InChI is InChI=1S/C16H15BrFNO2/c1-19(10-12-6-8-13(18)9-7-12)16(20)11-21-15-5-3-2-4-14(15)17/h2-9H,10-11H2,1H3. The number of rotatable bonds is 5. The first-order valence-corrected chi connectivity index (χ1v) is 7.21. The fourth-order valence-electron chi connectivity index (χ4n) is 1.76. The zero-order chi connectivity index (χ0) is 15.2. The average molecular weight is 352 g/mol. The van der Waals surface area contributed by atoms with E-state index in [0.717, 1.165) is 10.0 Å². The van der Waals surface area contributed by atoms with Crippen molar-refractivity contribution in [1.29, 1.82) is 0 Å². The van der Waals surface area contributed by atoms with Gasteiger partial charge in [0.15, 0.2) is 6.61 Å². The predicted octanol–water partition coefficient (Wildman–Crippen LogP) is 3.63. The van der Waals surface area contributed by atoms with Crippen molar-refractivity contribution < 1.29 is 13.9 Å². The Balaban J connectivity index is 1.88. The molecular formula is C16H15BrFNO2. The summed E-state index contributed by atoms with van der Waals surface area (Å²) in [6.07, 6.45) is 0. The van der Waals surface area contributed by atoms with Crippen LogP contribution in [0.5, 0.6) is 5.75 Å². The third kappa shape index (κ3) is 4.56. The number of ether oxygens (including phenoxy) is 1. The Morgan fingerprint density at radius 2 is 1.86 bits per heavy atom. The zero-order valence-corrected chi connectivity index (χ0v) is 13.1. The fourth-order valence-corrected chi connectivity index (χ4v) is 2.16. The van der Waals surface area contributed by atoms with Crippen LogP contribution >= 0.6 is 15.9 Å². The summed E-state index contributed by atoms with van der Waals surface area (Å²) in [4.78, 5) is 13.6. The second kappa shape index (κ2) is 7.22. The van der Waals surface area contributed by atoms with Crippen molar-refractivity contribution in [3.05, 3.63) is 64.4 Å². The maximum absolute atomic E-state index is 12.8. The Morgan fingerprint density at radius 3 is 2.52 bits per heavy atom. The van der Waals surface area contributed by atoms with E-state index in [2.05, 4.69) is 15.9 Å². The van der Waals surface area contributed by atoms with Gasteiger partial charge in [0, 0.05) is 13.6 Å². The summed E-state index contributed by atoms with van der Waals surface area (Å²) in [5.74, 6) is 0.195. The van der Waals surface area contributed by atoms with Gasteiger partial charge < -0.3 is 9.64 Å². The van der Waals surface area contributed by atoms with E-state index < -0.39 is 0 Å². The molecule has 21 heavy (non-hydrogen) atoms. The van der Waals surface area contributed by atoms with Crippen molar-refractivity contribution in [2.24, 2.45) is 0 Å². The minimum absolute atomic E-state index is 0.0414. The van der Waals surface area contributed by atoms with E-state index in [1.54, 1.807) is 30.1 Å². The summed E-state index contributed by atoms with van der Waals surface area (Å²) in [5, 5.41) is 0. The number of likely N-dealkylation sites (N-methyl/N-ethyl adjacent to an activating group) is 1. The quantitative estimate of drug-likeness (QED) is 0.823. The molecule has 0 bridgehead atoms. The predicted molar refractivity (Wildman–Crippen MR) is 82.5 cm³/mol. The number of hydrogen-bond donors (Lipinski definition) is 0. The maximum Gasteiger partial charge on any atom is 0.260 e. The Bertz CT molecular complexity index is 616. The van der Waals surface area contributed by atoms with Crippen LogP contribution in [0.15, 0.2) is 53.0 Å². The summed E-state index contributed by atoms with van der Waals surface area (Å²) >= 11 is 3.36. The van der Waals surface area contributed by atoms with Crippen molar-refractivity contribution in [1.82, 2.24) is 4.90 Å².